The summed E-state index contributed by atoms with van der Waals surface area (Å²) in [5.74, 6) is 1.24. The van der Waals surface area contributed by atoms with Crippen LogP contribution in [0.1, 0.15) is 30.4 Å². The first-order valence-electron chi connectivity index (χ1n) is 6.91. The van der Waals surface area contributed by atoms with E-state index in [2.05, 4.69) is 27.3 Å². The van der Waals surface area contributed by atoms with Gasteiger partial charge >= 0.3 is 0 Å². The van der Waals surface area contributed by atoms with E-state index in [1.807, 2.05) is 6.07 Å². The van der Waals surface area contributed by atoms with Crippen molar-refractivity contribution in [1.29, 1.82) is 0 Å². The lowest BCUT2D eigenvalue weighted by Gasteiger charge is -2.11. The summed E-state index contributed by atoms with van der Waals surface area (Å²) < 4.78 is 6.71. The van der Waals surface area contributed by atoms with Gasteiger partial charge in [-0.1, -0.05) is 15.9 Å². The molecule has 1 atom stereocenters. The number of ketones is 1. The molecule has 1 saturated heterocycles. The van der Waals surface area contributed by atoms with Crippen molar-refractivity contribution < 1.29 is 9.53 Å². The molecule has 0 amide bonds. The quantitative estimate of drug-likeness (QED) is 0.925. The second-order valence-corrected chi connectivity index (χ2v) is 6.28. The van der Waals surface area contributed by atoms with Gasteiger partial charge in [0.05, 0.1) is 6.61 Å². The first kappa shape index (κ1) is 13.1. The van der Waals surface area contributed by atoms with Gasteiger partial charge in [0.1, 0.15) is 11.5 Å². The maximum Gasteiger partial charge on any atom is 0.138 e. The second kappa shape index (κ2) is 5.63. The minimum atomic E-state index is 0.301. The molecule has 1 N–H and O–H groups in total. The smallest absolute Gasteiger partial charge is 0.138 e. The molecule has 19 heavy (non-hydrogen) atoms. The van der Waals surface area contributed by atoms with Crippen molar-refractivity contribution in [3.63, 3.8) is 0 Å². The molecule has 1 aromatic rings. The van der Waals surface area contributed by atoms with Crippen LogP contribution in [0.25, 0.3) is 0 Å². The Balaban J connectivity index is 1.70. The molecule has 0 spiro atoms. The molecular formula is C15H18BrNO2. The van der Waals surface area contributed by atoms with Crippen molar-refractivity contribution in [3.05, 3.63) is 27.7 Å². The number of carbonyl (C=O) groups excluding carboxylic acids is 1. The summed E-state index contributed by atoms with van der Waals surface area (Å²) in [5, 5.41) is 3.38. The minimum Gasteiger partial charge on any atom is -0.493 e. The van der Waals surface area contributed by atoms with Crippen LogP contribution in [-0.4, -0.2) is 25.0 Å². The lowest BCUT2D eigenvalue weighted by molar-refractivity contribution is -0.118. The summed E-state index contributed by atoms with van der Waals surface area (Å²) in [4.78, 5) is 12.2. The predicted molar refractivity (Wildman–Crippen MR) is 77.7 cm³/mol. The maximum absolute atomic E-state index is 12.2. The maximum atomic E-state index is 12.2. The van der Waals surface area contributed by atoms with E-state index in [4.69, 9.17) is 4.74 Å². The Labute approximate surface area is 121 Å². The number of benzene rings is 1. The molecule has 0 aliphatic carbocycles. The number of rotatable bonds is 4. The fourth-order valence-electron chi connectivity index (χ4n) is 2.97. The molecule has 2 heterocycles. The van der Waals surface area contributed by atoms with Gasteiger partial charge in [0.15, 0.2) is 0 Å². The zero-order valence-electron chi connectivity index (χ0n) is 10.9. The number of hydrogen-bond donors (Lipinski definition) is 1. The van der Waals surface area contributed by atoms with Crippen molar-refractivity contribution >= 4 is 21.7 Å². The molecule has 1 aromatic carbocycles. The number of hydrogen-bond acceptors (Lipinski definition) is 3. The number of fused-ring (bicyclic) bond motifs is 1. The number of Topliss-reactive ketones (excluding diaryl/α,β-unsaturated/α-hetero) is 1. The summed E-state index contributed by atoms with van der Waals surface area (Å²) in [6, 6.07) is 4.49. The van der Waals surface area contributed by atoms with Crippen LogP contribution in [0.15, 0.2) is 16.6 Å². The topological polar surface area (TPSA) is 38.3 Å². The minimum absolute atomic E-state index is 0.301. The van der Waals surface area contributed by atoms with Crippen LogP contribution in [0.3, 0.4) is 0 Å². The van der Waals surface area contributed by atoms with E-state index in [1.165, 1.54) is 12.0 Å². The van der Waals surface area contributed by atoms with E-state index in [-0.39, 0.29) is 0 Å². The third-order valence-corrected chi connectivity index (χ3v) is 4.31. The fourth-order valence-corrected chi connectivity index (χ4v) is 3.52. The zero-order chi connectivity index (χ0) is 13.2. The normalized spacial score (nSPS) is 21.2. The highest BCUT2D eigenvalue weighted by molar-refractivity contribution is 9.10. The number of ether oxygens (including phenoxy) is 1. The summed E-state index contributed by atoms with van der Waals surface area (Å²) in [7, 11) is 0. The van der Waals surface area contributed by atoms with Crippen LogP contribution < -0.4 is 10.1 Å². The Morgan fingerprint density at radius 1 is 1.47 bits per heavy atom. The third kappa shape index (κ3) is 3.00. The Hall–Kier alpha value is -0.870. The van der Waals surface area contributed by atoms with E-state index in [0.717, 1.165) is 41.8 Å². The van der Waals surface area contributed by atoms with E-state index >= 15 is 0 Å². The van der Waals surface area contributed by atoms with Gasteiger partial charge < -0.3 is 10.1 Å². The monoisotopic (exact) mass is 323 g/mol. The number of halogens is 1. The predicted octanol–water partition coefficient (Wildman–Crippen LogP) is 2.64. The summed E-state index contributed by atoms with van der Waals surface area (Å²) in [6.07, 6.45) is 4.38. The highest BCUT2D eigenvalue weighted by Gasteiger charge is 2.22. The zero-order valence-corrected chi connectivity index (χ0v) is 12.5. The molecule has 0 saturated carbocycles. The molecule has 0 aromatic heterocycles. The molecule has 2 aliphatic heterocycles. The fraction of sp³-hybridized carbons (Fsp3) is 0.533. The first-order chi connectivity index (χ1) is 9.22. The SMILES string of the molecule is O=C(Cc1cc(Br)cc2c1OCC2)CC1CCCN1. The molecule has 4 heteroatoms. The third-order valence-electron chi connectivity index (χ3n) is 3.85. The van der Waals surface area contributed by atoms with Crippen molar-refractivity contribution in [2.24, 2.45) is 0 Å². The van der Waals surface area contributed by atoms with Crippen molar-refractivity contribution in [2.75, 3.05) is 13.2 Å². The Bertz CT molecular complexity index is 495. The van der Waals surface area contributed by atoms with Crippen LogP contribution in [-0.2, 0) is 17.6 Å². The molecular weight excluding hydrogens is 306 g/mol. The Morgan fingerprint density at radius 3 is 3.16 bits per heavy atom. The average molecular weight is 324 g/mol. The van der Waals surface area contributed by atoms with Crippen molar-refractivity contribution in [2.45, 2.75) is 38.1 Å². The molecule has 0 radical (unpaired) electrons. The molecule has 3 rings (SSSR count). The lowest BCUT2D eigenvalue weighted by Crippen LogP contribution is -2.25. The van der Waals surface area contributed by atoms with Crippen LogP contribution in [0.5, 0.6) is 5.75 Å². The van der Waals surface area contributed by atoms with Crippen molar-refractivity contribution in [1.82, 2.24) is 5.32 Å². The largest absolute Gasteiger partial charge is 0.493 e. The summed E-state index contributed by atoms with van der Waals surface area (Å²) >= 11 is 3.51. The Kier molecular flexibility index (Phi) is 3.89. The summed E-state index contributed by atoms with van der Waals surface area (Å²) in [6.45, 7) is 1.78. The number of nitrogens with one attached hydrogen (secondary N) is 1. The molecule has 102 valence electrons. The molecule has 0 bridgehead atoms. The lowest BCUT2D eigenvalue weighted by atomic mass is 10.00. The number of carbonyl (C=O) groups is 1. The van der Waals surface area contributed by atoms with E-state index in [9.17, 15) is 4.79 Å². The van der Waals surface area contributed by atoms with E-state index in [1.54, 1.807) is 0 Å². The van der Waals surface area contributed by atoms with Gasteiger partial charge in [-0.3, -0.25) is 4.79 Å². The molecule has 1 fully saturated rings. The molecule has 1 unspecified atom stereocenters. The van der Waals surface area contributed by atoms with Gasteiger partial charge in [-0.05, 0) is 37.1 Å². The Morgan fingerprint density at radius 2 is 2.37 bits per heavy atom. The second-order valence-electron chi connectivity index (χ2n) is 5.36. The van der Waals surface area contributed by atoms with Crippen LogP contribution in [0.2, 0.25) is 0 Å². The molecule has 2 aliphatic rings. The van der Waals surface area contributed by atoms with Crippen LogP contribution in [0, 0.1) is 0 Å². The first-order valence-corrected chi connectivity index (χ1v) is 7.71. The van der Waals surface area contributed by atoms with Crippen LogP contribution >= 0.6 is 15.9 Å². The van der Waals surface area contributed by atoms with Gasteiger partial charge in [0, 0.05) is 35.3 Å². The standard InChI is InChI=1S/C15H18BrNO2/c16-12-6-10-3-5-19-15(10)11(7-12)8-14(18)9-13-2-1-4-17-13/h6-7,13,17H,1-5,8-9H2. The van der Waals surface area contributed by atoms with Gasteiger partial charge in [-0.15, -0.1) is 0 Å². The van der Waals surface area contributed by atoms with Gasteiger partial charge in [-0.2, -0.15) is 0 Å². The van der Waals surface area contributed by atoms with Gasteiger partial charge in [-0.25, -0.2) is 0 Å². The van der Waals surface area contributed by atoms with Gasteiger partial charge in [0.2, 0.25) is 0 Å². The average Bonchev–Trinajstić information content (AvgIpc) is 2.99. The highest BCUT2D eigenvalue weighted by atomic mass is 79.9. The van der Waals surface area contributed by atoms with E-state index in [0.29, 0.717) is 24.7 Å². The van der Waals surface area contributed by atoms with E-state index < -0.39 is 0 Å². The molecule has 3 nitrogen and oxygen atoms in total. The summed E-state index contributed by atoms with van der Waals surface area (Å²) in [5.41, 5.74) is 2.25. The highest BCUT2D eigenvalue weighted by Crippen LogP contribution is 2.33. The van der Waals surface area contributed by atoms with Crippen LogP contribution in [0.4, 0.5) is 0 Å². The van der Waals surface area contributed by atoms with Crippen molar-refractivity contribution in [3.8, 4) is 5.75 Å². The van der Waals surface area contributed by atoms with Gasteiger partial charge in [0.25, 0.3) is 0 Å².